The zero-order valence-electron chi connectivity index (χ0n) is 12.2. The summed E-state index contributed by atoms with van der Waals surface area (Å²) in [4.78, 5) is 23.2. The van der Waals surface area contributed by atoms with Crippen molar-refractivity contribution in [1.29, 1.82) is 0 Å². The van der Waals surface area contributed by atoms with Gasteiger partial charge >= 0.3 is 6.18 Å². The van der Waals surface area contributed by atoms with Crippen molar-refractivity contribution in [2.24, 2.45) is 5.92 Å². The Morgan fingerprint density at radius 3 is 2.59 bits per heavy atom. The number of alkyl halides is 3. The smallest absolute Gasteiger partial charge is 0.315 e. The minimum atomic E-state index is -4.13. The topological polar surface area (TPSA) is 63.6 Å². The number of fused-ring (bicyclic) bond motifs is 1. The molecule has 5 nitrogen and oxygen atoms in total. The highest BCUT2D eigenvalue weighted by Gasteiger charge is 2.42. The number of H-pyrrole nitrogens is 1. The Hall–Kier alpha value is -1.86. The molecule has 8 heteroatoms. The number of aromatic nitrogens is 4. The third-order valence-electron chi connectivity index (χ3n) is 4.41. The second-order valence-electron chi connectivity index (χ2n) is 5.74. The van der Waals surface area contributed by atoms with Gasteiger partial charge in [0.05, 0.1) is 12.2 Å². The molecule has 0 bridgehead atoms. The summed E-state index contributed by atoms with van der Waals surface area (Å²) in [5, 5.41) is 0. The van der Waals surface area contributed by atoms with Gasteiger partial charge in [-0.3, -0.25) is 4.79 Å². The van der Waals surface area contributed by atoms with Crippen molar-refractivity contribution in [2.75, 3.05) is 0 Å². The zero-order chi connectivity index (χ0) is 15.9. The largest absolute Gasteiger partial charge is 0.391 e. The average molecular weight is 314 g/mol. The van der Waals surface area contributed by atoms with Crippen molar-refractivity contribution in [2.45, 2.75) is 51.2 Å². The number of nitrogens with one attached hydrogen (secondary N) is 1. The molecule has 0 spiro atoms. The third-order valence-corrected chi connectivity index (χ3v) is 4.41. The lowest BCUT2D eigenvalue weighted by Gasteiger charge is -2.29. The molecule has 1 saturated carbocycles. The van der Waals surface area contributed by atoms with E-state index in [2.05, 4.69) is 15.0 Å². The van der Waals surface area contributed by atoms with E-state index in [9.17, 15) is 18.0 Å². The Morgan fingerprint density at radius 1 is 1.32 bits per heavy atom. The van der Waals surface area contributed by atoms with Gasteiger partial charge in [0.2, 0.25) is 0 Å². The van der Waals surface area contributed by atoms with Crippen molar-refractivity contribution in [1.82, 2.24) is 19.5 Å². The summed E-state index contributed by atoms with van der Waals surface area (Å²) in [6.45, 7) is 2.55. The summed E-state index contributed by atoms with van der Waals surface area (Å²) in [5.41, 5.74) is 0.443. The predicted octanol–water partition coefficient (Wildman–Crippen LogP) is 2.98. The minimum absolute atomic E-state index is 0.0863. The SMILES string of the molecule is CCn1cnc2c(=O)[nH]c(C3CCC(C(F)(F)F)CC3)nc21. The predicted molar refractivity (Wildman–Crippen MR) is 74.6 cm³/mol. The second-order valence-corrected chi connectivity index (χ2v) is 5.74. The molecule has 0 unspecified atom stereocenters. The summed E-state index contributed by atoms with van der Waals surface area (Å²) >= 11 is 0. The first-order valence-corrected chi connectivity index (χ1v) is 7.42. The molecule has 2 aromatic rings. The molecule has 2 aromatic heterocycles. The van der Waals surface area contributed by atoms with Crippen molar-refractivity contribution in [3.63, 3.8) is 0 Å². The number of rotatable bonds is 2. The van der Waals surface area contributed by atoms with Gasteiger partial charge in [0.25, 0.3) is 5.56 Å². The number of nitrogens with zero attached hydrogens (tertiary/aromatic N) is 3. The Labute approximate surface area is 124 Å². The van der Waals surface area contributed by atoms with E-state index in [1.54, 1.807) is 10.9 Å². The van der Waals surface area contributed by atoms with Gasteiger partial charge in [0.15, 0.2) is 11.2 Å². The summed E-state index contributed by atoms with van der Waals surface area (Å²) in [7, 11) is 0. The summed E-state index contributed by atoms with van der Waals surface area (Å²) in [5.74, 6) is -0.885. The van der Waals surface area contributed by atoms with Gasteiger partial charge < -0.3 is 9.55 Å². The second kappa shape index (κ2) is 5.40. The van der Waals surface area contributed by atoms with Crippen LogP contribution in [-0.4, -0.2) is 25.7 Å². The number of aryl methyl sites for hydroxylation is 1. The summed E-state index contributed by atoms with van der Waals surface area (Å²) in [6, 6.07) is 0. The molecule has 0 radical (unpaired) electrons. The van der Waals surface area contributed by atoms with Crippen LogP contribution in [0.15, 0.2) is 11.1 Å². The molecule has 22 heavy (non-hydrogen) atoms. The van der Waals surface area contributed by atoms with E-state index < -0.39 is 12.1 Å². The van der Waals surface area contributed by atoms with Crippen LogP contribution >= 0.6 is 0 Å². The van der Waals surface area contributed by atoms with Crippen LogP contribution in [0.25, 0.3) is 11.2 Å². The van der Waals surface area contributed by atoms with E-state index in [1.165, 1.54) is 0 Å². The fourth-order valence-electron chi connectivity index (χ4n) is 3.09. The van der Waals surface area contributed by atoms with E-state index >= 15 is 0 Å². The first-order chi connectivity index (χ1) is 10.4. The van der Waals surface area contributed by atoms with Crippen LogP contribution in [0.5, 0.6) is 0 Å². The maximum atomic E-state index is 12.7. The van der Waals surface area contributed by atoms with Gasteiger partial charge in [-0.25, -0.2) is 9.97 Å². The summed E-state index contributed by atoms with van der Waals surface area (Å²) in [6.07, 6.45) is -1.63. The van der Waals surface area contributed by atoms with Crippen molar-refractivity contribution in [3.8, 4) is 0 Å². The first-order valence-electron chi connectivity index (χ1n) is 7.42. The maximum absolute atomic E-state index is 12.7. The van der Waals surface area contributed by atoms with Crippen molar-refractivity contribution >= 4 is 11.2 Å². The van der Waals surface area contributed by atoms with Gasteiger partial charge in [-0.1, -0.05) is 0 Å². The summed E-state index contributed by atoms with van der Waals surface area (Å²) < 4.78 is 39.9. The van der Waals surface area contributed by atoms with E-state index in [4.69, 9.17) is 0 Å². The molecule has 120 valence electrons. The quantitative estimate of drug-likeness (QED) is 0.927. The molecule has 1 N–H and O–H groups in total. The molecule has 1 aliphatic carbocycles. The molecule has 0 saturated heterocycles. The Kier molecular flexibility index (Phi) is 3.70. The molecule has 3 rings (SSSR count). The normalized spacial score (nSPS) is 23.1. The van der Waals surface area contributed by atoms with E-state index in [0.29, 0.717) is 30.9 Å². The molecule has 1 fully saturated rings. The fraction of sp³-hybridized carbons (Fsp3) is 0.643. The third kappa shape index (κ3) is 2.62. The lowest BCUT2D eigenvalue weighted by atomic mass is 9.81. The number of halogens is 3. The highest BCUT2D eigenvalue weighted by molar-refractivity contribution is 5.69. The van der Waals surface area contributed by atoms with Crippen LogP contribution in [0.1, 0.15) is 44.3 Å². The van der Waals surface area contributed by atoms with E-state index in [1.807, 2.05) is 6.92 Å². The minimum Gasteiger partial charge on any atom is -0.315 e. The van der Waals surface area contributed by atoms with E-state index in [0.717, 1.165) is 0 Å². The Morgan fingerprint density at radius 2 is 2.00 bits per heavy atom. The maximum Gasteiger partial charge on any atom is 0.391 e. The first kappa shape index (κ1) is 15.1. The molecule has 0 amide bonds. The van der Waals surface area contributed by atoms with Gasteiger partial charge in [-0.05, 0) is 32.6 Å². The van der Waals surface area contributed by atoms with Crippen LogP contribution in [0, 0.1) is 5.92 Å². The molecular formula is C14H17F3N4O. The van der Waals surface area contributed by atoms with Gasteiger partial charge in [-0.2, -0.15) is 13.2 Å². The lowest BCUT2D eigenvalue weighted by Crippen LogP contribution is -2.28. The molecule has 0 atom stereocenters. The van der Waals surface area contributed by atoms with Crippen LogP contribution < -0.4 is 5.56 Å². The molecule has 0 aliphatic heterocycles. The van der Waals surface area contributed by atoms with Crippen molar-refractivity contribution in [3.05, 3.63) is 22.5 Å². The Bertz CT molecular complexity index is 726. The average Bonchev–Trinajstić information content (AvgIpc) is 2.90. The molecule has 2 heterocycles. The molecule has 0 aromatic carbocycles. The molecular weight excluding hydrogens is 297 g/mol. The van der Waals surface area contributed by atoms with Gasteiger partial charge in [0.1, 0.15) is 5.82 Å². The highest BCUT2D eigenvalue weighted by atomic mass is 19.4. The Balaban J connectivity index is 1.87. The van der Waals surface area contributed by atoms with Gasteiger partial charge in [0, 0.05) is 12.5 Å². The van der Waals surface area contributed by atoms with Crippen molar-refractivity contribution < 1.29 is 13.2 Å². The lowest BCUT2D eigenvalue weighted by molar-refractivity contribution is -0.182. The van der Waals surface area contributed by atoms with Crippen LogP contribution in [0.4, 0.5) is 13.2 Å². The highest BCUT2D eigenvalue weighted by Crippen LogP contribution is 2.42. The number of hydrogen-bond donors (Lipinski definition) is 1. The standard InChI is InChI=1S/C14H17F3N4O/c1-2-21-7-18-10-12(21)19-11(20-13(10)22)8-3-5-9(6-4-8)14(15,16)17/h7-9H,2-6H2,1H3,(H,19,20,22). The van der Waals surface area contributed by atoms with Crippen LogP contribution in [0.2, 0.25) is 0 Å². The zero-order valence-corrected chi connectivity index (χ0v) is 12.2. The van der Waals surface area contributed by atoms with E-state index in [-0.39, 0.29) is 29.8 Å². The van der Waals surface area contributed by atoms with Crippen LogP contribution in [-0.2, 0) is 6.54 Å². The fourth-order valence-corrected chi connectivity index (χ4v) is 3.09. The molecule has 1 aliphatic rings. The van der Waals surface area contributed by atoms with Crippen LogP contribution in [0.3, 0.4) is 0 Å². The van der Waals surface area contributed by atoms with Gasteiger partial charge in [-0.15, -0.1) is 0 Å². The number of imidazole rings is 1. The number of aromatic amines is 1. The monoisotopic (exact) mass is 314 g/mol. The number of hydrogen-bond acceptors (Lipinski definition) is 3.